The summed E-state index contributed by atoms with van der Waals surface area (Å²) in [5.74, 6) is 0.719. The van der Waals surface area contributed by atoms with Crippen molar-refractivity contribution in [2.75, 3.05) is 30.6 Å². The number of aliphatic carboxylic acids is 1. The SMILES string of the molecule is CSCCC(NC(=O)c1cc(OCCC(CSC)NB(C)O)ccc1C(C)C)C(=O)O. The van der Waals surface area contributed by atoms with Crippen molar-refractivity contribution in [3.8, 4) is 5.75 Å². The number of carboxylic acid groups (broad SMARTS) is 1. The maximum absolute atomic E-state index is 12.9. The number of nitrogens with one attached hydrogen (secondary N) is 2. The fourth-order valence-electron chi connectivity index (χ4n) is 3.13. The van der Waals surface area contributed by atoms with E-state index >= 15 is 0 Å². The van der Waals surface area contributed by atoms with Gasteiger partial charge in [-0.25, -0.2) is 4.79 Å². The maximum Gasteiger partial charge on any atom is 0.373 e. The third kappa shape index (κ3) is 10.2. The number of hydrogen-bond acceptors (Lipinski definition) is 7. The Morgan fingerprint density at radius 2 is 1.90 bits per heavy atom. The van der Waals surface area contributed by atoms with Crippen molar-refractivity contribution >= 4 is 42.5 Å². The molecule has 0 saturated carbocycles. The highest BCUT2D eigenvalue weighted by molar-refractivity contribution is 7.98. The first-order valence-corrected chi connectivity index (χ1v) is 13.2. The van der Waals surface area contributed by atoms with Crippen LogP contribution in [0.5, 0.6) is 5.75 Å². The molecule has 10 heteroatoms. The number of rotatable bonds is 15. The van der Waals surface area contributed by atoms with Crippen LogP contribution < -0.4 is 15.3 Å². The van der Waals surface area contributed by atoms with Gasteiger partial charge in [0, 0.05) is 17.4 Å². The Morgan fingerprint density at radius 1 is 1.19 bits per heavy atom. The minimum atomic E-state index is -1.04. The van der Waals surface area contributed by atoms with Gasteiger partial charge in [0.2, 0.25) is 0 Å². The van der Waals surface area contributed by atoms with Gasteiger partial charge in [-0.3, -0.25) is 4.79 Å². The van der Waals surface area contributed by atoms with Crippen molar-refractivity contribution in [1.82, 2.24) is 10.5 Å². The molecule has 0 spiro atoms. The lowest BCUT2D eigenvalue weighted by molar-refractivity contribution is -0.139. The van der Waals surface area contributed by atoms with Gasteiger partial charge in [-0.2, -0.15) is 23.5 Å². The first-order chi connectivity index (χ1) is 14.7. The summed E-state index contributed by atoms with van der Waals surface area (Å²) in [7, 11) is -0.592. The van der Waals surface area contributed by atoms with Crippen LogP contribution in [0.25, 0.3) is 0 Å². The van der Waals surface area contributed by atoms with Gasteiger partial charge >= 0.3 is 13.0 Å². The second-order valence-corrected chi connectivity index (χ2v) is 9.58. The lowest BCUT2D eigenvalue weighted by Crippen LogP contribution is -2.42. The van der Waals surface area contributed by atoms with E-state index in [0.717, 1.165) is 11.3 Å². The first-order valence-electron chi connectivity index (χ1n) is 10.4. The summed E-state index contributed by atoms with van der Waals surface area (Å²) in [6, 6.07) is 4.56. The Bertz CT molecular complexity index is 706. The molecule has 0 aliphatic rings. The fourth-order valence-corrected chi connectivity index (χ4v) is 4.27. The molecule has 1 amide bonds. The average Bonchev–Trinajstić information content (AvgIpc) is 2.70. The molecule has 0 aliphatic carbocycles. The lowest BCUT2D eigenvalue weighted by Gasteiger charge is -2.20. The van der Waals surface area contributed by atoms with Crippen LogP contribution in [0.2, 0.25) is 6.82 Å². The van der Waals surface area contributed by atoms with Crippen molar-refractivity contribution in [3.63, 3.8) is 0 Å². The third-order valence-corrected chi connectivity index (χ3v) is 6.06. The van der Waals surface area contributed by atoms with Crippen molar-refractivity contribution < 1.29 is 24.5 Å². The number of carboxylic acids is 1. The standard InChI is InChI=1S/C21H35BN2O5S2/c1-14(2)17-7-6-16(29-10-8-15(13-31-5)24-22(3)28)12-18(17)20(25)23-19(21(26)27)9-11-30-4/h6-7,12,14-15,19,24,28H,8-11,13H2,1-5H3,(H,23,25)(H,26,27). The quantitative estimate of drug-likeness (QED) is 0.290. The summed E-state index contributed by atoms with van der Waals surface area (Å²) in [6.45, 7) is 6.10. The average molecular weight is 470 g/mol. The third-order valence-electron chi connectivity index (χ3n) is 4.69. The number of thioether (sulfide) groups is 2. The van der Waals surface area contributed by atoms with Crippen molar-refractivity contribution in [3.05, 3.63) is 29.3 Å². The molecule has 0 aromatic heterocycles. The van der Waals surface area contributed by atoms with E-state index < -0.39 is 25.0 Å². The van der Waals surface area contributed by atoms with Gasteiger partial charge in [0.25, 0.3) is 5.91 Å². The van der Waals surface area contributed by atoms with Crippen LogP contribution in [0, 0.1) is 0 Å². The van der Waals surface area contributed by atoms with E-state index in [9.17, 15) is 19.7 Å². The first kappa shape index (κ1) is 27.7. The second-order valence-electron chi connectivity index (χ2n) is 7.68. The normalized spacial score (nSPS) is 13.0. The van der Waals surface area contributed by atoms with Crippen molar-refractivity contribution in [1.29, 1.82) is 0 Å². The maximum atomic E-state index is 12.9. The molecule has 1 rings (SSSR count). The minimum Gasteiger partial charge on any atom is -0.494 e. The fraction of sp³-hybridized carbons (Fsp3) is 0.619. The highest BCUT2D eigenvalue weighted by Gasteiger charge is 2.23. The molecule has 0 aliphatic heterocycles. The van der Waals surface area contributed by atoms with Gasteiger partial charge in [-0.15, -0.1) is 0 Å². The number of carbonyl (C=O) groups is 2. The van der Waals surface area contributed by atoms with E-state index in [1.54, 1.807) is 36.4 Å². The zero-order valence-corrected chi connectivity index (χ0v) is 20.6. The van der Waals surface area contributed by atoms with Crippen LogP contribution in [-0.4, -0.2) is 71.8 Å². The number of carbonyl (C=O) groups excluding carboxylic acids is 1. The molecule has 0 saturated heterocycles. The number of ether oxygens (including phenoxy) is 1. The molecule has 4 N–H and O–H groups in total. The van der Waals surface area contributed by atoms with E-state index in [-0.39, 0.29) is 12.0 Å². The molecule has 1 aromatic carbocycles. The van der Waals surface area contributed by atoms with Crippen molar-refractivity contribution in [2.24, 2.45) is 0 Å². The van der Waals surface area contributed by atoms with Crippen molar-refractivity contribution in [2.45, 2.75) is 51.5 Å². The van der Waals surface area contributed by atoms with Crippen LogP contribution >= 0.6 is 23.5 Å². The Balaban J connectivity index is 2.91. The summed E-state index contributed by atoms with van der Waals surface area (Å²) >= 11 is 3.23. The topological polar surface area (TPSA) is 108 Å². The largest absolute Gasteiger partial charge is 0.494 e. The van der Waals surface area contributed by atoms with Crippen LogP contribution in [-0.2, 0) is 4.79 Å². The molecular weight excluding hydrogens is 435 g/mol. The summed E-state index contributed by atoms with van der Waals surface area (Å²) in [4.78, 5) is 24.4. The van der Waals surface area contributed by atoms with Gasteiger partial charge in [-0.05, 0) is 61.5 Å². The second kappa shape index (κ2) is 14.7. The molecule has 0 heterocycles. The molecule has 2 atom stereocenters. The Kier molecular flexibility index (Phi) is 13.1. The van der Waals surface area contributed by atoms with Crippen LogP contribution in [0.1, 0.15) is 48.5 Å². The summed E-state index contributed by atoms with van der Waals surface area (Å²) in [5.41, 5.74) is 1.28. The smallest absolute Gasteiger partial charge is 0.373 e. The van der Waals surface area contributed by atoms with E-state index in [1.807, 2.05) is 38.5 Å². The highest BCUT2D eigenvalue weighted by atomic mass is 32.2. The lowest BCUT2D eigenvalue weighted by atomic mass is 9.87. The predicted octanol–water partition coefficient (Wildman–Crippen LogP) is 2.95. The summed E-state index contributed by atoms with van der Waals surface area (Å²) in [5, 5.41) is 24.7. The van der Waals surface area contributed by atoms with Crippen LogP contribution in [0.4, 0.5) is 0 Å². The Hall–Kier alpha value is -1.36. The zero-order chi connectivity index (χ0) is 23.4. The highest BCUT2D eigenvalue weighted by Crippen LogP contribution is 2.25. The molecule has 31 heavy (non-hydrogen) atoms. The Morgan fingerprint density at radius 3 is 2.45 bits per heavy atom. The van der Waals surface area contributed by atoms with Gasteiger partial charge < -0.3 is 25.4 Å². The molecule has 0 fully saturated rings. The molecule has 1 aromatic rings. The number of benzene rings is 1. The van der Waals surface area contributed by atoms with Gasteiger partial charge in [0.1, 0.15) is 11.8 Å². The summed E-state index contributed by atoms with van der Waals surface area (Å²) in [6.07, 6.45) is 4.98. The molecule has 0 bridgehead atoms. The van der Waals surface area contributed by atoms with E-state index in [1.165, 1.54) is 0 Å². The molecular formula is C21H35BN2O5S2. The number of amides is 1. The van der Waals surface area contributed by atoms with Crippen LogP contribution in [0.3, 0.4) is 0 Å². The molecule has 174 valence electrons. The molecule has 2 unspecified atom stereocenters. The zero-order valence-electron chi connectivity index (χ0n) is 19.0. The minimum absolute atomic E-state index is 0.102. The predicted molar refractivity (Wildman–Crippen MR) is 132 cm³/mol. The van der Waals surface area contributed by atoms with E-state index in [2.05, 4.69) is 10.5 Å². The summed E-state index contributed by atoms with van der Waals surface area (Å²) < 4.78 is 5.88. The van der Waals surface area contributed by atoms with E-state index in [0.29, 0.717) is 36.5 Å². The van der Waals surface area contributed by atoms with Crippen LogP contribution in [0.15, 0.2) is 18.2 Å². The van der Waals surface area contributed by atoms with E-state index in [4.69, 9.17) is 4.74 Å². The van der Waals surface area contributed by atoms with Gasteiger partial charge in [0.05, 0.1) is 6.61 Å². The molecule has 7 nitrogen and oxygen atoms in total. The monoisotopic (exact) mass is 470 g/mol. The van der Waals surface area contributed by atoms with Gasteiger partial charge in [-0.1, -0.05) is 19.9 Å². The number of hydrogen-bond donors (Lipinski definition) is 4. The van der Waals surface area contributed by atoms with Gasteiger partial charge in [0.15, 0.2) is 0 Å². The Labute approximate surface area is 194 Å². The molecule has 0 radical (unpaired) electrons.